The van der Waals surface area contributed by atoms with Gasteiger partial charge in [-0.2, -0.15) is 0 Å². The molecule has 7 heteroatoms. The van der Waals surface area contributed by atoms with E-state index in [1.54, 1.807) is 12.1 Å². The van der Waals surface area contributed by atoms with Crippen molar-refractivity contribution in [2.24, 2.45) is 5.92 Å². The largest absolute Gasteiger partial charge is 0.493 e. The molecule has 2 aromatic carbocycles. The Bertz CT molecular complexity index is 902. The fourth-order valence-electron chi connectivity index (χ4n) is 3.80. The number of hydrogen-bond acceptors (Lipinski definition) is 3. The van der Waals surface area contributed by atoms with Crippen LogP contribution in [0.4, 0.5) is 14.9 Å². The Hall–Kier alpha value is -3.09. The lowest BCUT2D eigenvalue weighted by molar-refractivity contribution is -0.133. The zero-order chi connectivity index (χ0) is 22.9. The summed E-state index contributed by atoms with van der Waals surface area (Å²) in [5, 5.41) is 5.44. The second kappa shape index (κ2) is 11.5. The molecule has 3 rings (SSSR count). The highest BCUT2D eigenvalue weighted by Crippen LogP contribution is 2.20. The van der Waals surface area contributed by atoms with E-state index in [1.165, 1.54) is 17.7 Å². The smallest absolute Gasteiger partial charge is 0.319 e. The number of nitrogens with one attached hydrogen (secondary N) is 2. The molecule has 3 amide bonds. The number of amides is 3. The molecule has 1 aliphatic heterocycles. The van der Waals surface area contributed by atoms with Crippen molar-refractivity contribution >= 4 is 17.6 Å². The summed E-state index contributed by atoms with van der Waals surface area (Å²) in [5.74, 6) is 1.10. The molecule has 0 spiro atoms. The maximum atomic E-state index is 13.2. The van der Waals surface area contributed by atoms with Crippen LogP contribution < -0.4 is 15.4 Å². The van der Waals surface area contributed by atoms with Gasteiger partial charge in [0.1, 0.15) is 11.6 Å². The molecule has 1 fully saturated rings. The Morgan fingerprint density at radius 1 is 1.19 bits per heavy atom. The number of rotatable bonds is 8. The molecular formula is C25H32FN3O3. The number of nitrogens with zero attached hydrogens (tertiary/aromatic N) is 1. The van der Waals surface area contributed by atoms with Gasteiger partial charge in [-0.1, -0.05) is 32.0 Å². The Balaban J connectivity index is 1.37. The van der Waals surface area contributed by atoms with Crippen LogP contribution in [0.2, 0.25) is 0 Å². The average Bonchev–Trinajstić information content (AvgIpc) is 2.78. The van der Waals surface area contributed by atoms with Crippen molar-refractivity contribution < 1.29 is 18.7 Å². The van der Waals surface area contributed by atoms with Gasteiger partial charge in [0.25, 0.3) is 0 Å². The van der Waals surface area contributed by atoms with E-state index in [2.05, 4.69) is 36.6 Å². The van der Waals surface area contributed by atoms with E-state index in [0.29, 0.717) is 37.7 Å². The number of carbonyl (C=O) groups excluding carboxylic acids is 2. The summed E-state index contributed by atoms with van der Waals surface area (Å²) >= 11 is 0. The Morgan fingerprint density at radius 3 is 2.69 bits per heavy atom. The lowest BCUT2D eigenvalue weighted by atomic mass is 9.98. The normalized spacial score (nSPS) is 16.0. The minimum atomic E-state index is -0.402. The maximum absolute atomic E-state index is 13.2. The SMILES string of the molecule is CC(C)c1ccc(OCCC(=O)N2CCCC(CNC(=O)Nc3cccc(F)c3)C2)cc1. The van der Waals surface area contributed by atoms with Gasteiger partial charge in [-0.05, 0) is 60.6 Å². The van der Waals surface area contributed by atoms with Crippen molar-refractivity contribution in [3.8, 4) is 5.75 Å². The molecule has 0 aliphatic carbocycles. The number of carbonyl (C=O) groups is 2. The fraction of sp³-hybridized carbons (Fsp3) is 0.440. The Kier molecular flexibility index (Phi) is 8.48. The summed E-state index contributed by atoms with van der Waals surface area (Å²) in [6.45, 7) is 6.44. The number of hydrogen-bond donors (Lipinski definition) is 2. The molecule has 32 heavy (non-hydrogen) atoms. The summed E-state index contributed by atoms with van der Waals surface area (Å²) in [4.78, 5) is 26.5. The summed E-state index contributed by atoms with van der Waals surface area (Å²) in [6, 6.07) is 13.4. The molecule has 2 N–H and O–H groups in total. The molecule has 0 aromatic heterocycles. The standard InChI is InChI=1S/C25H32FN3O3/c1-18(2)20-8-10-23(11-9-20)32-14-12-24(30)29-13-4-5-19(17-29)16-27-25(31)28-22-7-3-6-21(26)15-22/h3,6-11,15,18-19H,4-5,12-14,16-17H2,1-2H3,(H2,27,28,31). The molecule has 1 heterocycles. The predicted octanol–water partition coefficient (Wildman–Crippen LogP) is 4.78. The number of halogens is 1. The van der Waals surface area contributed by atoms with Crippen molar-refractivity contribution in [2.45, 2.75) is 39.0 Å². The van der Waals surface area contributed by atoms with Crippen molar-refractivity contribution in [2.75, 3.05) is 31.6 Å². The van der Waals surface area contributed by atoms with Crippen LogP contribution in [-0.2, 0) is 4.79 Å². The Morgan fingerprint density at radius 2 is 1.97 bits per heavy atom. The predicted molar refractivity (Wildman–Crippen MR) is 123 cm³/mol. The number of urea groups is 1. The van der Waals surface area contributed by atoms with E-state index in [9.17, 15) is 14.0 Å². The van der Waals surface area contributed by atoms with Crippen LogP contribution in [0, 0.1) is 11.7 Å². The van der Waals surface area contributed by atoms with Crippen LogP contribution >= 0.6 is 0 Å². The summed E-state index contributed by atoms with van der Waals surface area (Å²) in [5.41, 5.74) is 1.66. The van der Waals surface area contributed by atoms with Gasteiger partial charge < -0.3 is 20.3 Å². The van der Waals surface area contributed by atoms with Gasteiger partial charge in [0.2, 0.25) is 5.91 Å². The molecule has 0 saturated carbocycles. The number of likely N-dealkylation sites (tertiary alicyclic amines) is 1. The molecule has 1 saturated heterocycles. The number of benzene rings is 2. The van der Waals surface area contributed by atoms with Gasteiger partial charge in [0.15, 0.2) is 0 Å². The summed E-state index contributed by atoms with van der Waals surface area (Å²) in [7, 11) is 0. The topological polar surface area (TPSA) is 70.7 Å². The third-order valence-electron chi connectivity index (χ3n) is 5.64. The van der Waals surface area contributed by atoms with Gasteiger partial charge in [-0.15, -0.1) is 0 Å². The first-order valence-corrected chi connectivity index (χ1v) is 11.2. The van der Waals surface area contributed by atoms with Gasteiger partial charge >= 0.3 is 6.03 Å². The van der Waals surface area contributed by atoms with E-state index < -0.39 is 5.82 Å². The van der Waals surface area contributed by atoms with Crippen molar-refractivity contribution in [1.29, 1.82) is 0 Å². The minimum absolute atomic E-state index is 0.0673. The number of ether oxygens (including phenoxy) is 1. The summed E-state index contributed by atoms with van der Waals surface area (Å²) in [6.07, 6.45) is 2.18. The Labute approximate surface area is 189 Å². The van der Waals surface area contributed by atoms with Crippen LogP contribution in [-0.4, -0.2) is 43.1 Å². The van der Waals surface area contributed by atoms with Crippen molar-refractivity contribution in [3.63, 3.8) is 0 Å². The third kappa shape index (κ3) is 7.25. The number of piperidine rings is 1. The van der Waals surface area contributed by atoms with Gasteiger partial charge in [0.05, 0.1) is 13.0 Å². The monoisotopic (exact) mass is 441 g/mol. The van der Waals surface area contributed by atoms with E-state index in [-0.39, 0.29) is 17.9 Å². The van der Waals surface area contributed by atoms with Gasteiger partial charge in [-0.3, -0.25) is 4.79 Å². The first kappa shape index (κ1) is 23.6. The van der Waals surface area contributed by atoms with Crippen molar-refractivity contribution in [3.05, 3.63) is 59.9 Å². The van der Waals surface area contributed by atoms with Crippen LogP contribution in [0.5, 0.6) is 5.75 Å². The molecule has 6 nitrogen and oxygen atoms in total. The highest BCUT2D eigenvalue weighted by Gasteiger charge is 2.24. The lowest BCUT2D eigenvalue weighted by Crippen LogP contribution is -2.44. The molecule has 1 unspecified atom stereocenters. The van der Waals surface area contributed by atoms with E-state index >= 15 is 0 Å². The summed E-state index contributed by atoms with van der Waals surface area (Å²) < 4.78 is 19.0. The first-order chi connectivity index (χ1) is 15.4. The third-order valence-corrected chi connectivity index (χ3v) is 5.64. The highest BCUT2D eigenvalue weighted by molar-refractivity contribution is 5.89. The van der Waals surface area contributed by atoms with E-state index in [0.717, 1.165) is 25.1 Å². The fourth-order valence-corrected chi connectivity index (χ4v) is 3.80. The first-order valence-electron chi connectivity index (χ1n) is 11.2. The molecular weight excluding hydrogens is 409 g/mol. The van der Waals surface area contributed by atoms with Crippen LogP contribution in [0.25, 0.3) is 0 Å². The second-order valence-electron chi connectivity index (χ2n) is 8.52. The van der Waals surface area contributed by atoms with Crippen LogP contribution in [0.3, 0.4) is 0 Å². The van der Waals surface area contributed by atoms with Crippen LogP contribution in [0.1, 0.15) is 44.6 Å². The minimum Gasteiger partial charge on any atom is -0.493 e. The molecule has 1 atom stereocenters. The molecule has 0 bridgehead atoms. The number of anilines is 1. The quantitative estimate of drug-likeness (QED) is 0.619. The van der Waals surface area contributed by atoms with Crippen LogP contribution in [0.15, 0.2) is 48.5 Å². The molecule has 2 aromatic rings. The van der Waals surface area contributed by atoms with Crippen molar-refractivity contribution in [1.82, 2.24) is 10.2 Å². The maximum Gasteiger partial charge on any atom is 0.319 e. The van der Waals surface area contributed by atoms with E-state index in [1.807, 2.05) is 17.0 Å². The molecule has 1 aliphatic rings. The zero-order valence-electron chi connectivity index (χ0n) is 18.8. The molecule has 172 valence electrons. The zero-order valence-corrected chi connectivity index (χ0v) is 18.8. The van der Waals surface area contributed by atoms with E-state index in [4.69, 9.17) is 4.74 Å². The molecule has 0 radical (unpaired) electrons. The highest BCUT2D eigenvalue weighted by atomic mass is 19.1. The lowest BCUT2D eigenvalue weighted by Gasteiger charge is -2.33. The van der Waals surface area contributed by atoms with Gasteiger partial charge in [0, 0.05) is 25.3 Å². The second-order valence-corrected chi connectivity index (χ2v) is 8.52. The van der Waals surface area contributed by atoms with Gasteiger partial charge in [-0.25, -0.2) is 9.18 Å². The average molecular weight is 442 g/mol.